The number of Topliss-reactive ketones (excluding diaryl/α,β-unsaturated/α-hetero) is 1. The second kappa shape index (κ2) is 7.11. The van der Waals surface area contributed by atoms with Crippen LogP contribution in [0, 0.1) is 0 Å². The Bertz CT molecular complexity index is 969. The molecule has 144 valence electrons. The molecule has 6 nitrogen and oxygen atoms in total. The van der Waals surface area contributed by atoms with Gasteiger partial charge in [-0.15, -0.1) is 0 Å². The van der Waals surface area contributed by atoms with Gasteiger partial charge in [-0.3, -0.25) is 19.3 Å². The van der Waals surface area contributed by atoms with Crippen LogP contribution in [-0.2, 0) is 16.0 Å². The van der Waals surface area contributed by atoms with Crippen LogP contribution in [0.4, 0.5) is 11.4 Å². The van der Waals surface area contributed by atoms with E-state index in [0.29, 0.717) is 23.4 Å². The van der Waals surface area contributed by atoms with E-state index in [2.05, 4.69) is 0 Å². The molecule has 0 bridgehead atoms. The Morgan fingerprint density at radius 3 is 2.71 bits per heavy atom. The monoisotopic (exact) mass is 378 g/mol. The molecule has 2 aliphatic heterocycles. The van der Waals surface area contributed by atoms with Gasteiger partial charge in [0, 0.05) is 23.7 Å². The lowest BCUT2D eigenvalue weighted by Gasteiger charge is -2.31. The average molecular weight is 378 g/mol. The average Bonchev–Trinajstić information content (AvgIpc) is 3.04. The van der Waals surface area contributed by atoms with Crippen LogP contribution in [0.2, 0.25) is 0 Å². The summed E-state index contributed by atoms with van der Waals surface area (Å²) in [6, 6.07) is 12.9. The minimum Gasteiger partial charge on any atom is -0.482 e. The summed E-state index contributed by atoms with van der Waals surface area (Å²) in [7, 11) is 0. The van der Waals surface area contributed by atoms with Crippen molar-refractivity contribution in [3.63, 3.8) is 0 Å². The number of fused-ring (bicyclic) bond motifs is 2. The first-order chi connectivity index (χ1) is 13.5. The molecule has 0 radical (unpaired) electrons. The van der Waals surface area contributed by atoms with Gasteiger partial charge in [0.05, 0.1) is 5.69 Å². The second-order valence-corrected chi connectivity index (χ2v) is 7.17. The lowest BCUT2D eigenvalue weighted by molar-refractivity contribution is -0.124. The minimum absolute atomic E-state index is 0.0193. The number of para-hydroxylation sites is 1. The molecule has 2 amide bonds. The van der Waals surface area contributed by atoms with Crippen molar-refractivity contribution < 1.29 is 19.1 Å². The summed E-state index contributed by atoms with van der Waals surface area (Å²) in [6.07, 6.45) is 1.17. The van der Waals surface area contributed by atoms with Gasteiger partial charge in [0.15, 0.2) is 12.4 Å². The smallest absolute Gasteiger partial charge is 0.265 e. The van der Waals surface area contributed by atoms with Crippen molar-refractivity contribution in [3.05, 3.63) is 53.6 Å². The molecule has 1 atom stereocenters. The Morgan fingerprint density at radius 1 is 1.14 bits per heavy atom. The Labute approximate surface area is 163 Å². The molecular formula is C22H22N2O4. The van der Waals surface area contributed by atoms with Gasteiger partial charge in [0.1, 0.15) is 12.3 Å². The third-order valence-electron chi connectivity index (χ3n) is 5.31. The van der Waals surface area contributed by atoms with Crippen LogP contribution in [0.15, 0.2) is 42.5 Å². The van der Waals surface area contributed by atoms with E-state index < -0.39 is 0 Å². The standard InChI is InChI=1S/C22H22N2O4/c1-3-19(25)16-8-9-20-18(11-16)23(22(27)13-28-20)12-21(26)24-14(2)10-15-6-4-5-7-17(15)24/h4-9,11,14H,3,10,12-13H2,1-2H3. The van der Waals surface area contributed by atoms with Gasteiger partial charge in [-0.2, -0.15) is 0 Å². The summed E-state index contributed by atoms with van der Waals surface area (Å²) in [5, 5.41) is 0. The summed E-state index contributed by atoms with van der Waals surface area (Å²) >= 11 is 0. The highest BCUT2D eigenvalue weighted by atomic mass is 16.5. The van der Waals surface area contributed by atoms with Crippen molar-refractivity contribution in [2.75, 3.05) is 23.0 Å². The van der Waals surface area contributed by atoms with Gasteiger partial charge in [-0.05, 0) is 43.2 Å². The van der Waals surface area contributed by atoms with E-state index in [1.54, 1.807) is 30.0 Å². The van der Waals surface area contributed by atoms with E-state index in [9.17, 15) is 14.4 Å². The van der Waals surface area contributed by atoms with Crippen molar-refractivity contribution in [2.45, 2.75) is 32.7 Å². The molecule has 0 fully saturated rings. The second-order valence-electron chi connectivity index (χ2n) is 7.17. The fourth-order valence-corrected chi connectivity index (χ4v) is 3.91. The van der Waals surface area contributed by atoms with Gasteiger partial charge >= 0.3 is 0 Å². The van der Waals surface area contributed by atoms with Crippen molar-refractivity contribution in [1.82, 2.24) is 0 Å². The third kappa shape index (κ3) is 3.05. The first kappa shape index (κ1) is 18.2. The summed E-state index contributed by atoms with van der Waals surface area (Å²) in [6.45, 7) is 3.59. The number of ether oxygens (including phenoxy) is 1. The van der Waals surface area contributed by atoms with Crippen molar-refractivity contribution in [2.24, 2.45) is 0 Å². The van der Waals surface area contributed by atoms with Crippen molar-refractivity contribution in [1.29, 1.82) is 0 Å². The molecule has 2 aliphatic rings. The number of anilines is 2. The number of amides is 2. The fourth-order valence-electron chi connectivity index (χ4n) is 3.91. The van der Waals surface area contributed by atoms with Gasteiger partial charge in [0.2, 0.25) is 5.91 Å². The van der Waals surface area contributed by atoms with Crippen LogP contribution < -0.4 is 14.5 Å². The molecule has 4 rings (SSSR count). The van der Waals surface area contributed by atoms with E-state index in [-0.39, 0.29) is 36.8 Å². The lowest BCUT2D eigenvalue weighted by Crippen LogP contribution is -2.48. The van der Waals surface area contributed by atoms with Crippen LogP contribution in [-0.4, -0.2) is 36.8 Å². The fraction of sp³-hybridized carbons (Fsp3) is 0.318. The van der Waals surface area contributed by atoms with Crippen LogP contribution in [0.1, 0.15) is 36.2 Å². The predicted octanol–water partition coefficient (Wildman–Crippen LogP) is 2.98. The maximum Gasteiger partial charge on any atom is 0.265 e. The van der Waals surface area contributed by atoms with E-state index in [1.807, 2.05) is 31.2 Å². The zero-order valence-electron chi connectivity index (χ0n) is 16.0. The highest BCUT2D eigenvalue weighted by Crippen LogP contribution is 2.35. The van der Waals surface area contributed by atoms with Gasteiger partial charge in [-0.25, -0.2) is 0 Å². The zero-order valence-corrected chi connectivity index (χ0v) is 16.0. The molecule has 1 unspecified atom stereocenters. The Balaban J connectivity index is 1.64. The molecule has 2 heterocycles. The lowest BCUT2D eigenvalue weighted by atomic mass is 10.1. The molecule has 28 heavy (non-hydrogen) atoms. The molecule has 0 aliphatic carbocycles. The van der Waals surface area contributed by atoms with E-state index in [0.717, 1.165) is 17.7 Å². The quantitative estimate of drug-likeness (QED) is 0.767. The number of nitrogens with zero attached hydrogens (tertiary/aromatic N) is 2. The number of rotatable bonds is 4. The molecule has 0 spiro atoms. The maximum absolute atomic E-state index is 13.1. The SMILES string of the molecule is CCC(=O)c1ccc2c(c1)N(CC(=O)N1c3ccccc3CC1C)C(=O)CO2. The summed E-state index contributed by atoms with van der Waals surface area (Å²) in [5.41, 5.74) is 3.02. The van der Waals surface area contributed by atoms with Gasteiger partial charge in [0.25, 0.3) is 5.91 Å². The number of benzene rings is 2. The third-order valence-corrected chi connectivity index (χ3v) is 5.31. The molecule has 2 aromatic rings. The summed E-state index contributed by atoms with van der Waals surface area (Å²) < 4.78 is 5.49. The zero-order chi connectivity index (χ0) is 19.8. The molecular weight excluding hydrogens is 356 g/mol. The highest BCUT2D eigenvalue weighted by Gasteiger charge is 2.34. The van der Waals surface area contributed by atoms with Gasteiger partial charge < -0.3 is 9.64 Å². The Hall–Kier alpha value is -3.15. The first-order valence-electron chi connectivity index (χ1n) is 9.50. The van der Waals surface area contributed by atoms with E-state index in [4.69, 9.17) is 4.74 Å². The first-order valence-corrected chi connectivity index (χ1v) is 9.50. The predicted molar refractivity (Wildman–Crippen MR) is 106 cm³/mol. The molecule has 0 saturated carbocycles. The minimum atomic E-state index is -0.290. The normalized spacial score (nSPS) is 17.8. The van der Waals surface area contributed by atoms with Crippen molar-refractivity contribution in [3.8, 4) is 5.75 Å². The summed E-state index contributed by atoms with van der Waals surface area (Å²) in [4.78, 5) is 40.9. The van der Waals surface area contributed by atoms with Gasteiger partial charge in [-0.1, -0.05) is 25.1 Å². The number of carbonyl (C=O) groups is 3. The van der Waals surface area contributed by atoms with Crippen molar-refractivity contribution >= 4 is 29.0 Å². The molecule has 6 heteroatoms. The molecule has 0 N–H and O–H groups in total. The van der Waals surface area contributed by atoms with Crippen LogP contribution in [0.25, 0.3) is 0 Å². The van der Waals surface area contributed by atoms with Crippen LogP contribution in [0.5, 0.6) is 5.75 Å². The van der Waals surface area contributed by atoms with E-state index in [1.165, 1.54) is 4.90 Å². The number of ketones is 1. The largest absolute Gasteiger partial charge is 0.482 e. The topological polar surface area (TPSA) is 66.9 Å². The molecule has 0 aromatic heterocycles. The highest BCUT2D eigenvalue weighted by molar-refractivity contribution is 6.07. The number of carbonyl (C=O) groups excluding carboxylic acids is 3. The Morgan fingerprint density at radius 2 is 1.93 bits per heavy atom. The maximum atomic E-state index is 13.1. The number of hydrogen-bond acceptors (Lipinski definition) is 4. The Kier molecular flexibility index (Phi) is 4.63. The van der Waals surface area contributed by atoms with E-state index >= 15 is 0 Å². The van der Waals surface area contributed by atoms with Crippen LogP contribution in [0.3, 0.4) is 0 Å². The number of hydrogen-bond donors (Lipinski definition) is 0. The molecule has 0 saturated heterocycles. The van der Waals surface area contributed by atoms with Crippen LogP contribution >= 0.6 is 0 Å². The molecule has 2 aromatic carbocycles. The summed E-state index contributed by atoms with van der Waals surface area (Å²) in [5.74, 6) is 0.0528.